The molecule has 1 aromatic carbocycles. The summed E-state index contributed by atoms with van der Waals surface area (Å²) in [4.78, 5) is 27.5. The molecule has 1 unspecified atom stereocenters. The Morgan fingerprint density at radius 3 is 2.50 bits per heavy atom. The van der Waals surface area contributed by atoms with Gasteiger partial charge in [-0.05, 0) is 34.1 Å². The number of nitrogens with zero attached hydrogens (tertiary/aromatic N) is 1. The van der Waals surface area contributed by atoms with E-state index in [0.29, 0.717) is 23.0 Å². The minimum absolute atomic E-state index is 0.139. The number of hydrogen-bond donors (Lipinski definition) is 2. The Kier molecular flexibility index (Phi) is 4.68. The van der Waals surface area contributed by atoms with Gasteiger partial charge in [0.05, 0.1) is 31.3 Å². The number of halogens is 2. The van der Waals surface area contributed by atoms with Gasteiger partial charge in [0.25, 0.3) is 5.91 Å². The van der Waals surface area contributed by atoms with E-state index in [0.717, 1.165) is 22.5 Å². The van der Waals surface area contributed by atoms with Crippen LogP contribution in [0.1, 0.15) is 19.3 Å². The van der Waals surface area contributed by atoms with Crippen molar-refractivity contribution >= 4 is 49.4 Å². The summed E-state index contributed by atoms with van der Waals surface area (Å²) < 4.78 is 1.60. The van der Waals surface area contributed by atoms with Crippen molar-refractivity contribution in [3.05, 3.63) is 27.1 Å². The molecule has 2 fully saturated rings. The molecule has 5 nitrogen and oxygen atoms in total. The van der Waals surface area contributed by atoms with E-state index in [2.05, 4.69) is 31.9 Å². The average Bonchev–Trinajstić information content (AvgIpc) is 2.76. The molecule has 7 heteroatoms. The summed E-state index contributed by atoms with van der Waals surface area (Å²) in [5.74, 6) is -0.295. The van der Waals surface area contributed by atoms with Crippen LogP contribution in [0, 0.1) is 0 Å². The fourth-order valence-corrected chi connectivity index (χ4v) is 4.41. The molecule has 0 bridgehead atoms. The molecule has 2 aliphatic rings. The number of likely N-dealkylation sites (tertiary alicyclic amines) is 1. The van der Waals surface area contributed by atoms with Crippen molar-refractivity contribution in [2.45, 2.75) is 31.4 Å². The van der Waals surface area contributed by atoms with Crippen LogP contribution in [0.3, 0.4) is 0 Å². The van der Waals surface area contributed by atoms with Crippen LogP contribution in [-0.4, -0.2) is 42.2 Å². The maximum absolute atomic E-state index is 12.7. The van der Waals surface area contributed by atoms with Crippen LogP contribution in [0.4, 0.5) is 5.69 Å². The molecule has 1 atom stereocenters. The Balaban J connectivity index is 1.82. The van der Waals surface area contributed by atoms with Gasteiger partial charge in [0.15, 0.2) is 6.04 Å². The second-order valence-corrected chi connectivity index (χ2v) is 7.58. The lowest BCUT2D eigenvalue weighted by Crippen LogP contribution is -3.17. The number of piperidine rings is 1. The average molecular weight is 433 g/mol. The smallest absolute Gasteiger partial charge is 0.292 e. The number of nitrogens with one attached hydrogen (secondary N) is 1. The molecule has 2 saturated heterocycles. The second-order valence-electron chi connectivity index (χ2n) is 5.81. The number of aliphatic hydroxyl groups excluding tert-OH is 1. The van der Waals surface area contributed by atoms with Crippen molar-refractivity contribution in [1.29, 1.82) is 0 Å². The number of aliphatic hydroxyl groups is 1. The highest BCUT2D eigenvalue weighted by atomic mass is 79.9. The van der Waals surface area contributed by atoms with Crippen LogP contribution in [-0.2, 0) is 9.59 Å². The molecule has 1 aromatic rings. The first-order valence-corrected chi connectivity index (χ1v) is 8.90. The zero-order chi connectivity index (χ0) is 15.9. The summed E-state index contributed by atoms with van der Waals surface area (Å²) in [5.41, 5.74) is 0.595. The van der Waals surface area contributed by atoms with Crippen LogP contribution in [0.25, 0.3) is 0 Å². The summed E-state index contributed by atoms with van der Waals surface area (Å²) >= 11 is 6.79. The molecular formula is C15H17Br2N2O3+. The number of carbonyl (C=O) groups excluding carboxylic acids is 2. The lowest BCUT2D eigenvalue weighted by Gasteiger charge is -2.30. The Labute approximate surface area is 145 Å². The summed E-state index contributed by atoms with van der Waals surface area (Å²) in [5, 5.41) is 9.59. The summed E-state index contributed by atoms with van der Waals surface area (Å²) in [6.07, 6.45) is 1.35. The predicted octanol–water partition coefficient (Wildman–Crippen LogP) is 0.883. The zero-order valence-electron chi connectivity index (χ0n) is 11.9. The van der Waals surface area contributed by atoms with Crippen molar-refractivity contribution in [1.82, 2.24) is 0 Å². The maximum Gasteiger partial charge on any atom is 0.292 e. The van der Waals surface area contributed by atoms with Crippen LogP contribution in [0.2, 0.25) is 0 Å². The summed E-state index contributed by atoms with van der Waals surface area (Å²) in [7, 11) is 0. The predicted molar refractivity (Wildman–Crippen MR) is 88.7 cm³/mol. The molecule has 3 rings (SSSR count). The van der Waals surface area contributed by atoms with Gasteiger partial charge >= 0.3 is 0 Å². The molecule has 2 N–H and O–H groups in total. The van der Waals surface area contributed by atoms with Crippen molar-refractivity contribution in [3.63, 3.8) is 0 Å². The first kappa shape index (κ1) is 16.1. The molecule has 2 amide bonds. The summed E-state index contributed by atoms with van der Waals surface area (Å²) in [6, 6.07) is 5.09. The molecule has 0 aromatic heterocycles. The molecular weight excluding hydrogens is 416 g/mol. The maximum atomic E-state index is 12.7. The Bertz CT molecular complexity index is 615. The van der Waals surface area contributed by atoms with Gasteiger partial charge in [-0.1, -0.05) is 15.9 Å². The van der Waals surface area contributed by atoms with Gasteiger partial charge in [-0.25, -0.2) is 4.90 Å². The van der Waals surface area contributed by atoms with E-state index in [-0.39, 0.29) is 30.4 Å². The lowest BCUT2D eigenvalue weighted by atomic mass is 10.1. The fraction of sp³-hybridized carbons (Fsp3) is 0.467. The first-order valence-electron chi connectivity index (χ1n) is 7.32. The lowest BCUT2D eigenvalue weighted by molar-refractivity contribution is -0.920. The van der Waals surface area contributed by atoms with Gasteiger partial charge < -0.3 is 10.0 Å². The van der Waals surface area contributed by atoms with Gasteiger partial charge in [-0.15, -0.1) is 0 Å². The molecule has 2 heterocycles. The van der Waals surface area contributed by atoms with E-state index in [9.17, 15) is 14.7 Å². The van der Waals surface area contributed by atoms with E-state index in [1.165, 1.54) is 4.90 Å². The second kappa shape index (κ2) is 6.39. The highest BCUT2D eigenvalue weighted by Gasteiger charge is 2.46. The number of quaternary nitrogens is 1. The molecule has 2 aliphatic heterocycles. The van der Waals surface area contributed by atoms with Gasteiger partial charge in [-0.2, -0.15) is 0 Å². The highest BCUT2D eigenvalue weighted by molar-refractivity contribution is 9.11. The Hall–Kier alpha value is -0.760. The van der Waals surface area contributed by atoms with Crippen molar-refractivity contribution < 1.29 is 19.6 Å². The van der Waals surface area contributed by atoms with Gasteiger partial charge in [0.2, 0.25) is 5.91 Å². The zero-order valence-corrected chi connectivity index (χ0v) is 15.1. The van der Waals surface area contributed by atoms with Gasteiger partial charge in [0.1, 0.15) is 0 Å². The van der Waals surface area contributed by atoms with Gasteiger partial charge in [-0.3, -0.25) is 9.59 Å². The Morgan fingerprint density at radius 1 is 1.18 bits per heavy atom. The standard InChI is InChI=1S/C15H16Br2N2O3/c16-9-1-2-12(11(17)7-9)19-14(21)8-13(15(19)22)18-5-3-10(20)4-6-18/h1-2,7,10,13,20H,3-6,8H2/p+1. The third kappa shape index (κ3) is 2.99. The van der Waals surface area contributed by atoms with E-state index >= 15 is 0 Å². The number of carbonyl (C=O) groups is 2. The van der Waals surface area contributed by atoms with E-state index in [4.69, 9.17) is 0 Å². The minimum Gasteiger partial charge on any atom is -0.393 e. The fourth-order valence-electron chi connectivity index (χ4n) is 3.19. The number of imide groups is 1. The number of amides is 2. The Morgan fingerprint density at radius 2 is 1.86 bits per heavy atom. The number of rotatable bonds is 2. The van der Waals surface area contributed by atoms with Gasteiger partial charge in [0, 0.05) is 21.8 Å². The topological polar surface area (TPSA) is 62.1 Å². The number of benzene rings is 1. The number of hydrogen-bond acceptors (Lipinski definition) is 3. The number of anilines is 1. The van der Waals surface area contributed by atoms with Crippen LogP contribution in [0.5, 0.6) is 0 Å². The highest BCUT2D eigenvalue weighted by Crippen LogP contribution is 2.32. The van der Waals surface area contributed by atoms with Crippen LogP contribution in [0.15, 0.2) is 27.1 Å². The van der Waals surface area contributed by atoms with E-state index < -0.39 is 0 Å². The normalized spacial score (nSPS) is 29.2. The quantitative estimate of drug-likeness (QED) is 0.682. The molecule has 0 aliphatic carbocycles. The minimum atomic E-state index is -0.324. The van der Waals surface area contributed by atoms with Crippen molar-refractivity contribution in [2.75, 3.05) is 18.0 Å². The van der Waals surface area contributed by atoms with Crippen molar-refractivity contribution in [3.8, 4) is 0 Å². The van der Waals surface area contributed by atoms with Crippen LogP contribution < -0.4 is 9.80 Å². The van der Waals surface area contributed by atoms with E-state index in [1.54, 1.807) is 6.07 Å². The van der Waals surface area contributed by atoms with E-state index in [1.807, 2.05) is 12.1 Å². The molecule has 0 radical (unpaired) electrons. The van der Waals surface area contributed by atoms with Crippen molar-refractivity contribution in [2.24, 2.45) is 0 Å². The monoisotopic (exact) mass is 431 g/mol. The molecule has 118 valence electrons. The van der Waals surface area contributed by atoms with Crippen LogP contribution >= 0.6 is 31.9 Å². The third-order valence-corrected chi connectivity index (χ3v) is 5.52. The third-order valence-electron chi connectivity index (χ3n) is 4.39. The molecule has 0 saturated carbocycles. The summed E-state index contributed by atoms with van der Waals surface area (Å²) in [6.45, 7) is 1.47. The largest absolute Gasteiger partial charge is 0.393 e. The first-order chi connectivity index (χ1) is 10.5. The SMILES string of the molecule is O=C1CC([NH+]2CCC(O)CC2)C(=O)N1c1ccc(Br)cc1Br. The molecule has 0 spiro atoms. The molecule has 22 heavy (non-hydrogen) atoms.